The fourth-order valence-corrected chi connectivity index (χ4v) is 5.10. The number of carbonyl (C=O) groups excluding carboxylic acids is 1. The number of aliphatic hydroxyl groups excluding tert-OH is 1. The zero-order valence-electron chi connectivity index (χ0n) is 20.2. The summed E-state index contributed by atoms with van der Waals surface area (Å²) in [6.07, 6.45) is 2.05. The van der Waals surface area contributed by atoms with E-state index in [1.54, 1.807) is 24.1 Å². The molecule has 1 amide bonds. The molecule has 1 fully saturated rings. The number of likely N-dealkylation sites (N-methyl/N-ethyl adjacent to an activating group) is 1. The lowest BCUT2D eigenvalue weighted by atomic mass is 10.0. The quantitative estimate of drug-likeness (QED) is 0.506. The van der Waals surface area contributed by atoms with Gasteiger partial charge in [0.2, 0.25) is 0 Å². The molecule has 2 aromatic carbocycles. The molecule has 2 aliphatic heterocycles. The van der Waals surface area contributed by atoms with Crippen LogP contribution in [0.5, 0.6) is 5.75 Å². The molecule has 0 aliphatic carbocycles. The highest BCUT2D eigenvalue weighted by Crippen LogP contribution is 2.39. The Morgan fingerprint density at radius 1 is 1.29 bits per heavy atom. The Labute approximate surface area is 209 Å². The Kier molecular flexibility index (Phi) is 8.27. The monoisotopic (exact) mass is 501 g/mol. The Morgan fingerprint density at radius 3 is 2.74 bits per heavy atom. The van der Waals surface area contributed by atoms with E-state index in [1.165, 1.54) is 11.4 Å². The van der Waals surface area contributed by atoms with Crippen LogP contribution in [0.25, 0.3) is 0 Å². The van der Waals surface area contributed by atoms with Crippen molar-refractivity contribution in [1.29, 1.82) is 0 Å². The number of aliphatic hydroxyl groups is 1. The van der Waals surface area contributed by atoms with Gasteiger partial charge in [0.05, 0.1) is 23.5 Å². The maximum Gasteiger partial charge on any atom is 0.260 e. The predicted octanol–water partition coefficient (Wildman–Crippen LogP) is 1.92. The summed E-state index contributed by atoms with van der Waals surface area (Å²) in [4.78, 5) is 17.1. The number of anilines is 2. The molecule has 1 unspecified atom stereocenters. The van der Waals surface area contributed by atoms with Crippen molar-refractivity contribution in [3.05, 3.63) is 53.6 Å². The molecule has 0 spiro atoms. The molecule has 1 saturated heterocycles. The fourth-order valence-electron chi connectivity index (χ4n) is 4.78. The second-order valence-electron chi connectivity index (χ2n) is 9.10. The van der Waals surface area contributed by atoms with Crippen LogP contribution in [0, 0.1) is 0 Å². The highest BCUT2D eigenvalue weighted by atomic mass is 32.2. The predicted molar refractivity (Wildman–Crippen MR) is 135 cm³/mol. The Bertz CT molecular complexity index is 1050. The van der Waals surface area contributed by atoms with Gasteiger partial charge < -0.3 is 28.9 Å². The number of fused-ring (bicyclic) bond motifs is 1. The van der Waals surface area contributed by atoms with Crippen LogP contribution in [0.4, 0.5) is 11.4 Å². The first kappa shape index (κ1) is 25.4. The molecule has 10 heteroatoms. The third kappa shape index (κ3) is 5.95. The SMILES string of the molecule is CN(C(=O)COc1ccc(N(C)S(=O)[O-])c2c1CCCN2)[C@H](CN1CC[C@H](O)C1)c1ccccc1. The molecule has 3 atom stereocenters. The van der Waals surface area contributed by atoms with Gasteiger partial charge in [-0.3, -0.25) is 13.9 Å². The molecular formula is C25H33N4O5S-. The molecule has 0 bridgehead atoms. The van der Waals surface area contributed by atoms with Gasteiger partial charge in [0.15, 0.2) is 6.61 Å². The maximum absolute atomic E-state index is 13.2. The van der Waals surface area contributed by atoms with E-state index in [0.717, 1.165) is 49.2 Å². The first-order valence-corrected chi connectivity index (χ1v) is 12.9. The first-order chi connectivity index (χ1) is 16.8. The first-order valence-electron chi connectivity index (χ1n) is 11.9. The number of hydrogen-bond donors (Lipinski definition) is 2. The standard InChI is InChI=1S/C25H34N4O5S/c1-27(22(18-7-4-3-5-8-18)16-29-14-12-19(30)15-29)24(31)17-34-23-11-10-21(28(2)35(32)33)25-20(23)9-6-13-26-25/h3-5,7-8,10-11,19,22,26,30H,6,9,12-17H2,1-2H3,(H,32,33)/p-1/t19-,22+/m0/s1. The van der Waals surface area contributed by atoms with Crippen molar-refractivity contribution in [2.45, 2.75) is 31.4 Å². The fraction of sp³-hybridized carbons (Fsp3) is 0.480. The molecule has 2 aromatic rings. The molecule has 35 heavy (non-hydrogen) atoms. The van der Waals surface area contributed by atoms with Crippen LogP contribution in [0.1, 0.15) is 30.0 Å². The maximum atomic E-state index is 13.2. The summed E-state index contributed by atoms with van der Waals surface area (Å²) in [5.74, 6) is 0.430. The topological polar surface area (TPSA) is 108 Å². The second-order valence-corrected chi connectivity index (χ2v) is 10.1. The number of nitrogens with one attached hydrogen (secondary N) is 1. The summed E-state index contributed by atoms with van der Waals surface area (Å²) in [5, 5.41) is 13.2. The summed E-state index contributed by atoms with van der Waals surface area (Å²) in [7, 11) is 3.28. The smallest absolute Gasteiger partial charge is 0.260 e. The zero-order chi connectivity index (χ0) is 24.9. The van der Waals surface area contributed by atoms with Crippen molar-refractivity contribution in [3.8, 4) is 5.75 Å². The van der Waals surface area contributed by atoms with Crippen LogP contribution in [-0.4, -0.2) is 82.6 Å². The lowest BCUT2D eigenvalue weighted by molar-refractivity contribution is -0.134. The summed E-state index contributed by atoms with van der Waals surface area (Å²) in [6.45, 7) is 2.66. The number of ether oxygens (including phenoxy) is 1. The van der Waals surface area contributed by atoms with Crippen molar-refractivity contribution in [3.63, 3.8) is 0 Å². The van der Waals surface area contributed by atoms with E-state index in [-0.39, 0.29) is 24.7 Å². The third-order valence-corrected chi connectivity index (χ3v) is 7.44. The highest BCUT2D eigenvalue weighted by molar-refractivity contribution is 7.80. The van der Waals surface area contributed by atoms with E-state index >= 15 is 0 Å². The van der Waals surface area contributed by atoms with E-state index in [4.69, 9.17) is 4.74 Å². The molecular weight excluding hydrogens is 468 g/mol. The van der Waals surface area contributed by atoms with Gasteiger partial charge >= 0.3 is 0 Å². The van der Waals surface area contributed by atoms with Gasteiger partial charge in [0.1, 0.15) is 5.75 Å². The van der Waals surface area contributed by atoms with Gasteiger partial charge in [-0.15, -0.1) is 0 Å². The van der Waals surface area contributed by atoms with Gasteiger partial charge in [0, 0.05) is 57.1 Å². The lowest BCUT2D eigenvalue weighted by Crippen LogP contribution is -2.41. The number of likely N-dealkylation sites (tertiary alicyclic amines) is 1. The molecule has 190 valence electrons. The molecule has 2 aliphatic rings. The molecule has 2 N–H and O–H groups in total. The molecule has 4 rings (SSSR count). The van der Waals surface area contributed by atoms with Gasteiger partial charge in [-0.1, -0.05) is 30.3 Å². The van der Waals surface area contributed by atoms with Gasteiger partial charge in [0.25, 0.3) is 5.91 Å². The van der Waals surface area contributed by atoms with Crippen molar-refractivity contribution < 1.29 is 23.4 Å². The van der Waals surface area contributed by atoms with E-state index in [2.05, 4.69) is 10.2 Å². The third-order valence-electron chi connectivity index (χ3n) is 6.79. The number of nitrogens with zero attached hydrogens (tertiary/aromatic N) is 3. The number of rotatable bonds is 9. The van der Waals surface area contributed by atoms with E-state index in [9.17, 15) is 18.7 Å². The lowest BCUT2D eigenvalue weighted by Gasteiger charge is -2.32. The normalized spacial score (nSPS) is 19.4. The summed E-state index contributed by atoms with van der Waals surface area (Å²) < 4.78 is 30.1. The number of β-amino-alcohol motifs (C(OH)–C–C–N with tert-alkyl or cyclic N) is 1. The minimum absolute atomic E-state index is 0.127. The largest absolute Gasteiger partial charge is 0.755 e. The number of amides is 1. The van der Waals surface area contributed by atoms with E-state index < -0.39 is 11.3 Å². The number of benzene rings is 2. The minimum atomic E-state index is -2.39. The zero-order valence-corrected chi connectivity index (χ0v) is 21.0. The van der Waals surface area contributed by atoms with Crippen molar-refractivity contribution in [1.82, 2.24) is 9.80 Å². The second kappa shape index (κ2) is 11.4. The van der Waals surface area contributed by atoms with Gasteiger partial charge in [-0.2, -0.15) is 0 Å². The number of carbonyl (C=O) groups is 1. The van der Waals surface area contributed by atoms with Gasteiger partial charge in [-0.05, 0) is 37.0 Å². The molecule has 2 heterocycles. The van der Waals surface area contributed by atoms with E-state index in [0.29, 0.717) is 24.5 Å². The summed E-state index contributed by atoms with van der Waals surface area (Å²) in [6, 6.07) is 13.2. The van der Waals surface area contributed by atoms with Gasteiger partial charge in [-0.25, -0.2) is 0 Å². The average Bonchev–Trinajstić information content (AvgIpc) is 3.29. The molecule has 0 radical (unpaired) electrons. The Morgan fingerprint density at radius 2 is 2.06 bits per heavy atom. The van der Waals surface area contributed by atoms with Crippen LogP contribution in [0.15, 0.2) is 42.5 Å². The molecule has 0 aromatic heterocycles. The van der Waals surface area contributed by atoms with Crippen LogP contribution in [0.2, 0.25) is 0 Å². The average molecular weight is 502 g/mol. The Hall–Kier alpha value is -2.66. The van der Waals surface area contributed by atoms with Crippen LogP contribution >= 0.6 is 0 Å². The molecule has 0 saturated carbocycles. The summed E-state index contributed by atoms with van der Waals surface area (Å²) in [5.41, 5.74) is 3.20. The minimum Gasteiger partial charge on any atom is -0.755 e. The highest BCUT2D eigenvalue weighted by Gasteiger charge is 2.28. The van der Waals surface area contributed by atoms with Crippen LogP contribution < -0.4 is 14.4 Å². The van der Waals surface area contributed by atoms with E-state index in [1.807, 2.05) is 30.3 Å². The summed E-state index contributed by atoms with van der Waals surface area (Å²) >= 11 is -2.39. The van der Waals surface area contributed by atoms with Crippen molar-refractivity contribution in [2.24, 2.45) is 0 Å². The van der Waals surface area contributed by atoms with Crippen molar-refractivity contribution >= 4 is 28.5 Å². The van der Waals surface area contributed by atoms with Crippen LogP contribution in [-0.2, 0) is 22.5 Å². The number of hydrogen-bond acceptors (Lipinski definition) is 7. The Balaban J connectivity index is 1.49. The molecule has 9 nitrogen and oxygen atoms in total. The van der Waals surface area contributed by atoms with Crippen LogP contribution in [0.3, 0.4) is 0 Å². The van der Waals surface area contributed by atoms with Crippen molar-refractivity contribution in [2.75, 3.05) is 56.5 Å².